The van der Waals surface area contributed by atoms with Gasteiger partial charge in [-0.3, -0.25) is 4.79 Å². The molecule has 1 amide bonds. The van der Waals surface area contributed by atoms with E-state index in [4.69, 9.17) is 0 Å². The molecule has 0 saturated heterocycles. The fraction of sp³-hybridized carbons (Fsp3) is 0.800. The molecule has 0 aliphatic rings. The van der Waals surface area contributed by atoms with E-state index in [0.717, 1.165) is 31.4 Å². The Kier molecular flexibility index (Phi) is 15.4. The SMILES string of the molecule is O=C([O-])CNC(=O)CCCCC(S)CCS.[Na+]. The minimum atomic E-state index is -1.27. The Morgan fingerprint density at radius 1 is 1.24 bits per heavy atom. The average Bonchev–Trinajstić information content (AvgIpc) is 2.22. The number of aliphatic carboxylic acids is 1. The van der Waals surface area contributed by atoms with Crippen molar-refractivity contribution in [2.45, 2.75) is 37.4 Å². The number of unbranched alkanes of at least 4 members (excludes halogenated alkanes) is 1. The van der Waals surface area contributed by atoms with Gasteiger partial charge in [-0.05, 0) is 25.0 Å². The van der Waals surface area contributed by atoms with Gasteiger partial charge < -0.3 is 15.2 Å². The van der Waals surface area contributed by atoms with Crippen molar-refractivity contribution in [1.82, 2.24) is 5.32 Å². The van der Waals surface area contributed by atoms with Gasteiger partial charge in [-0.15, -0.1) is 0 Å². The van der Waals surface area contributed by atoms with Crippen molar-refractivity contribution in [3.8, 4) is 0 Å². The van der Waals surface area contributed by atoms with Gasteiger partial charge in [0.2, 0.25) is 5.91 Å². The maximum Gasteiger partial charge on any atom is 1.00 e. The van der Waals surface area contributed by atoms with Crippen LogP contribution in [-0.4, -0.2) is 29.4 Å². The van der Waals surface area contributed by atoms with Crippen LogP contribution in [0.5, 0.6) is 0 Å². The standard InChI is InChI=1S/C10H19NO3S2.Na/c12-9(11-7-10(13)14)4-2-1-3-8(16)5-6-15;/h8,15-16H,1-7H2,(H,11,12)(H,13,14);/q;+1/p-1. The fourth-order valence-electron chi connectivity index (χ4n) is 1.22. The molecule has 0 aromatic heterocycles. The summed E-state index contributed by atoms with van der Waals surface area (Å²) >= 11 is 8.48. The Balaban J connectivity index is 0. The van der Waals surface area contributed by atoms with Crippen molar-refractivity contribution in [3.63, 3.8) is 0 Å². The zero-order valence-corrected chi connectivity index (χ0v) is 13.9. The Morgan fingerprint density at radius 2 is 1.88 bits per heavy atom. The second-order valence-corrected chi connectivity index (χ2v) is 4.74. The molecule has 4 nitrogen and oxygen atoms in total. The van der Waals surface area contributed by atoms with Crippen molar-refractivity contribution in [2.75, 3.05) is 12.3 Å². The van der Waals surface area contributed by atoms with E-state index in [2.05, 4.69) is 30.6 Å². The van der Waals surface area contributed by atoms with Crippen molar-refractivity contribution >= 4 is 37.1 Å². The third-order valence-corrected chi connectivity index (χ3v) is 2.86. The molecular formula is C10H18NNaO3S2. The van der Waals surface area contributed by atoms with E-state index in [1.807, 2.05) is 0 Å². The largest absolute Gasteiger partial charge is 1.00 e. The summed E-state index contributed by atoms with van der Waals surface area (Å²) in [5.41, 5.74) is 0. The normalized spacial score (nSPS) is 11.4. The van der Waals surface area contributed by atoms with Gasteiger partial charge in [0.25, 0.3) is 0 Å². The van der Waals surface area contributed by atoms with Crippen LogP contribution < -0.4 is 40.0 Å². The molecule has 0 spiro atoms. The second kappa shape index (κ2) is 13.1. The van der Waals surface area contributed by atoms with Gasteiger partial charge >= 0.3 is 29.6 Å². The predicted molar refractivity (Wildman–Crippen MR) is 67.7 cm³/mol. The Bertz CT molecular complexity index is 230. The van der Waals surface area contributed by atoms with E-state index in [9.17, 15) is 14.7 Å². The molecule has 0 bridgehead atoms. The molecule has 0 aliphatic carbocycles. The van der Waals surface area contributed by atoms with Crippen LogP contribution in [0.1, 0.15) is 32.1 Å². The summed E-state index contributed by atoms with van der Waals surface area (Å²) in [6, 6.07) is 0. The fourth-order valence-corrected chi connectivity index (χ4v) is 2.05. The van der Waals surface area contributed by atoms with Gasteiger partial charge in [-0.25, -0.2) is 0 Å². The number of carbonyl (C=O) groups is 2. The summed E-state index contributed by atoms with van der Waals surface area (Å²) in [4.78, 5) is 21.1. The van der Waals surface area contributed by atoms with Crippen LogP contribution in [0.3, 0.4) is 0 Å². The number of nitrogens with one attached hydrogen (secondary N) is 1. The number of hydrogen-bond donors (Lipinski definition) is 3. The van der Waals surface area contributed by atoms with E-state index < -0.39 is 12.5 Å². The minimum Gasteiger partial charge on any atom is -0.548 e. The van der Waals surface area contributed by atoms with Crippen LogP contribution in [0, 0.1) is 0 Å². The number of thiol groups is 2. The van der Waals surface area contributed by atoms with Gasteiger partial charge in [0, 0.05) is 11.7 Å². The Morgan fingerprint density at radius 3 is 2.41 bits per heavy atom. The van der Waals surface area contributed by atoms with Crippen LogP contribution in [0.15, 0.2) is 0 Å². The zero-order chi connectivity index (χ0) is 12.4. The number of carboxylic acid groups (broad SMARTS) is 1. The molecule has 94 valence electrons. The molecule has 1 atom stereocenters. The van der Waals surface area contributed by atoms with E-state index in [-0.39, 0.29) is 35.5 Å². The van der Waals surface area contributed by atoms with Crippen molar-refractivity contribution in [3.05, 3.63) is 0 Å². The monoisotopic (exact) mass is 287 g/mol. The first-order chi connectivity index (χ1) is 7.56. The number of rotatable bonds is 9. The van der Waals surface area contributed by atoms with Crippen LogP contribution >= 0.6 is 25.3 Å². The van der Waals surface area contributed by atoms with Crippen molar-refractivity contribution in [1.29, 1.82) is 0 Å². The summed E-state index contributed by atoms with van der Waals surface area (Å²) in [6.45, 7) is -0.409. The molecule has 0 saturated carbocycles. The van der Waals surface area contributed by atoms with Gasteiger partial charge in [0.1, 0.15) is 0 Å². The van der Waals surface area contributed by atoms with E-state index in [1.165, 1.54) is 0 Å². The van der Waals surface area contributed by atoms with E-state index >= 15 is 0 Å². The molecule has 0 heterocycles. The maximum absolute atomic E-state index is 11.1. The van der Waals surface area contributed by atoms with Crippen molar-refractivity contribution in [2.24, 2.45) is 0 Å². The van der Waals surface area contributed by atoms with E-state index in [1.54, 1.807) is 0 Å². The summed E-state index contributed by atoms with van der Waals surface area (Å²) in [5.74, 6) is -0.688. The number of carboxylic acids is 1. The molecule has 0 radical (unpaired) electrons. The molecule has 1 unspecified atom stereocenters. The molecule has 0 aromatic carbocycles. The summed E-state index contributed by atoms with van der Waals surface area (Å²) < 4.78 is 0. The molecule has 7 heteroatoms. The first-order valence-electron chi connectivity index (χ1n) is 5.31. The summed E-state index contributed by atoms with van der Waals surface area (Å²) in [7, 11) is 0. The first-order valence-corrected chi connectivity index (χ1v) is 6.46. The third-order valence-electron chi connectivity index (χ3n) is 2.08. The summed E-state index contributed by atoms with van der Waals surface area (Å²) in [5, 5.41) is 12.7. The van der Waals surface area contributed by atoms with Crippen LogP contribution in [-0.2, 0) is 9.59 Å². The average molecular weight is 287 g/mol. The summed E-state index contributed by atoms with van der Waals surface area (Å²) in [6.07, 6.45) is 3.94. The Hall–Kier alpha value is 0.640. The zero-order valence-electron chi connectivity index (χ0n) is 10.1. The smallest absolute Gasteiger partial charge is 0.548 e. The third kappa shape index (κ3) is 14.6. The molecule has 0 aromatic rings. The number of hydrogen-bond acceptors (Lipinski definition) is 5. The van der Waals surface area contributed by atoms with Crippen molar-refractivity contribution < 1.29 is 44.3 Å². The van der Waals surface area contributed by atoms with Gasteiger partial charge in [0.15, 0.2) is 0 Å². The predicted octanol–water partition coefficient (Wildman–Crippen LogP) is -2.96. The molecule has 17 heavy (non-hydrogen) atoms. The van der Waals surface area contributed by atoms with Crippen LogP contribution in [0.2, 0.25) is 0 Å². The van der Waals surface area contributed by atoms with Gasteiger partial charge in [0.05, 0.1) is 12.5 Å². The van der Waals surface area contributed by atoms with Gasteiger partial charge in [-0.2, -0.15) is 25.3 Å². The minimum absolute atomic E-state index is 0. The van der Waals surface area contributed by atoms with Crippen LogP contribution in [0.4, 0.5) is 0 Å². The number of amides is 1. The molecule has 1 N–H and O–H groups in total. The van der Waals surface area contributed by atoms with E-state index in [0.29, 0.717) is 11.7 Å². The maximum atomic E-state index is 11.1. The molecule has 0 aliphatic heterocycles. The van der Waals surface area contributed by atoms with Crippen LogP contribution in [0.25, 0.3) is 0 Å². The molecule has 0 rings (SSSR count). The quantitative estimate of drug-likeness (QED) is 0.241. The topological polar surface area (TPSA) is 69.2 Å². The molecule has 0 fully saturated rings. The van der Waals surface area contributed by atoms with Gasteiger partial charge in [-0.1, -0.05) is 6.42 Å². The second-order valence-electron chi connectivity index (χ2n) is 3.56. The number of carbonyl (C=O) groups excluding carboxylic acids is 2. The Labute approximate surface area is 135 Å². The first kappa shape index (κ1) is 20.0. The molecular weight excluding hydrogens is 269 g/mol.